The molecular weight excluding hydrogens is 360 g/mol. The van der Waals surface area contributed by atoms with Crippen LogP contribution in [-0.4, -0.2) is 34.3 Å². The van der Waals surface area contributed by atoms with Crippen LogP contribution in [0.3, 0.4) is 0 Å². The first-order valence-electron chi connectivity index (χ1n) is 8.89. The Morgan fingerprint density at radius 3 is 2.37 bits per heavy atom. The van der Waals surface area contributed by atoms with E-state index in [4.69, 9.17) is 21.7 Å². The summed E-state index contributed by atoms with van der Waals surface area (Å²) in [7, 11) is 0. The summed E-state index contributed by atoms with van der Waals surface area (Å²) in [6.45, 7) is 5.38. The van der Waals surface area contributed by atoms with E-state index in [1.807, 2.05) is 55.5 Å². The van der Waals surface area contributed by atoms with Crippen LogP contribution in [0.1, 0.15) is 25.8 Å². The van der Waals surface area contributed by atoms with Gasteiger partial charge in [0.25, 0.3) is 0 Å². The zero-order valence-electron chi connectivity index (χ0n) is 15.4. The number of H-pyrrole nitrogens is 1. The quantitative estimate of drug-likeness (QED) is 0.454. The van der Waals surface area contributed by atoms with E-state index < -0.39 is 0 Å². The predicted molar refractivity (Wildman–Crippen MR) is 109 cm³/mol. The van der Waals surface area contributed by atoms with Crippen LogP contribution in [0.4, 0.5) is 0 Å². The molecule has 0 aliphatic carbocycles. The Hall–Kier alpha value is -2.93. The van der Waals surface area contributed by atoms with Crippen molar-refractivity contribution in [2.45, 2.75) is 20.3 Å². The molecule has 0 saturated heterocycles. The molecule has 7 heteroatoms. The molecule has 0 fully saturated rings. The maximum atomic E-state index is 5.59. The van der Waals surface area contributed by atoms with Crippen molar-refractivity contribution in [3.8, 4) is 22.9 Å². The van der Waals surface area contributed by atoms with Crippen molar-refractivity contribution >= 4 is 18.4 Å². The molecule has 0 bridgehead atoms. The van der Waals surface area contributed by atoms with Crippen molar-refractivity contribution in [3.63, 3.8) is 0 Å². The number of nitrogens with one attached hydrogen (secondary N) is 1. The molecule has 0 atom stereocenters. The number of aromatic nitrogens is 3. The van der Waals surface area contributed by atoms with E-state index in [2.05, 4.69) is 22.2 Å². The minimum Gasteiger partial charge on any atom is -0.494 e. The number of aromatic amines is 1. The van der Waals surface area contributed by atoms with Crippen molar-refractivity contribution in [1.29, 1.82) is 0 Å². The third-order valence-corrected chi connectivity index (χ3v) is 4.01. The molecule has 3 rings (SSSR count). The number of nitrogens with zero attached hydrogens (tertiary/aromatic N) is 3. The van der Waals surface area contributed by atoms with Gasteiger partial charge in [-0.3, -0.25) is 0 Å². The zero-order valence-corrected chi connectivity index (χ0v) is 16.2. The summed E-state index contributed by atoms with van der Waals surface area (Å²) < 4.78 is 13.1. The van der Waals surface area contributed by atoms with Gasteiger partial charge >= 0.3 is 0 Å². The Morgan fingerprint density at radius 2 is 1.70 bits per heavy atom. The van der Waals surface area contributed by atoms with E-state index in [0.29, 0.717) is 23.8 Å². The topological polar surface area (TPSA) is 64.4 Å². The molecule has 1 aromatic heterocycles. The first-order valence-corrected chi connectivity index (χ1v) is 9.30. The fourth-order valence-electron chi connectivity index (χ4n) is 2.45. The van der Waals surface area contributed by atoms with E-state index in [1.54, 1.807) is 10.9 Å². The third kappa shape index (κ3) is 4.83. The van der Waals surface area contributed by atoms with Crippen LogP contribution < -0.4 is 9.47 Å². The minimum absolute atomic E-state index is 0.429. The van der Waals surface area contributed by atoms with Crippen molar-refractivity contribution in [2.24, 2.45) is 5.10 Å². The first kappa shape index (κ1) is 18.8. The smallest absolute Gasteiger partial charge is 0.216 e. The van der Waals surface area contributed by atoms with Crippen LogP contribution in [0, 0.1) is 4.77 Å². The van der Waals surface area contributed by atoms with Crippen LogP contribution in [0.25, 0.3) is 11.4 Å². The molecule has 0 aliphatic heterocycles. The predicted octanol–water partition coefficient (Wildman–Crippen LogP) is 4.68. The Balaban J connectivity index is 1.80. The molecular formula is C20H22N4O2S. The lowest BCUT2D eigenvalue weighted by atomic mass is 10.2. The Morgan fingerprint density at radius 1 is 1.04 bits per heavy atom. The second-order valence-corrected chi connectivity index (χ2v) is 6.17. The first-order chi connectivity index (χ1) is 13.2. The van der Waals surface area contributed by atoms with Crippen LogP contribution in [0.15, 0.2) is 53.6 Å². The van der Waals surface area contributed by atoms with E-state index in [0.717, 1.165) is 29.0 Å². The largest absolute Gasteiger partial charge is 0.494 e. The number of rotatable bonds is 8. The van der Waals surface area contributed by atoms with Crippen molar-refractivity contribution < 1.29 is 9.47 Å². The average molecular weight is 382 g/mol. The Kier molecular flexibility index (Phi) is 6.38. The lowest BCUT2D eigenvalue weighted by Crippen LogP contribution is -1.97. The van der Waals surface area contributed by atoms with Crippen LogP contribution in [0.2, 0.25) is 0 Å². The average Bonchev–Trinajstić information content (AvgIpc) is 3.07. The van der Waals surface area contributed by atoms with Gasteiger partial charge in [-0.1, -0.05) is 6.92 Å². The SMILES string of the molecule is CCCOc1ccc(/C=N\n2c(-c3ccc(OCC)cc3)n[nH]c2=S)cc1. The summed E-state index contributed by atoms with van der Waals surface area (Å²) in [5.41, 5.74) is 1.84. The van der Waals surface area contributed by atoms with Crippen LogP contribution in [0.5, 0.6) is 11.5 Å². The van der Waals surface area contributed by atoms with Crippen molar-refractivity contribution in [2.75, 3.05) is 13.2 Å². The van der Waals surface area contributed by atoms with Gasteiger partial charge in [0, 0.05) is 5.56 Å². The zero-order chi connectivity index (χ0) is 19.1. The van der Waals surface area contributed by atoms with Crippen LogP contribution in [-0.2, 0) is 0 Å². The van der Waals surface area contributed by atoms with Gasteiger partial charge in [-0.25, -0.2) is 5.10 Å². The second-order valence-electron chi connectivity index (χ2n) is 5.78. The molecule has 1 N–H and O–H groups in total. The van der Waals surface area contributed by atoms with Gasteiger partial charge in [0.1, 0.15) is 11.5 Å². The molecule has 0 spiro atoms. The highest BCUT2D eigenvalue weighted by Gasteiger charge is 2.08. The van der Waals surface area contributed by atoms with Gasteiger partial charge in [-0.2, -0.15) is 14.9 Å². The molecule has 140 valence electrons. The molecule has 0 unspecified atom stereocenters. The summed E-state index contributed by atoms with van der Waals surface area (Å²) in [5, 5.41) is 11.6. The number of ether oxygens (including phenoxy) is 2. The highest BCUT2D eigenvalue weighted by atomic mass is 32.1. The van der Waals surface area contributed by atoms with E-state index >= 15 is 0 Å². The summed E-state index contributed by atoms with van der Waals surface area (Å²) in [6, 6.07) is 15.4. The molecule has 2 aromatic carbocycles. The molecule has 0 radical (unpaired) electrons. The summed E-state index contributed by atoms with van der Waals surface area (Å²) >= 11 is 5.31. The van der Waals surface area contributed by atoms with Crippen molar-refractivity contribution in [3.05, 3.63) is 58.9 Å². The summed E-state index contributed by atoms with van der Waals surface area (Å²) in [5.74, 6) is 2.31. The third-order valence-electron chi connectivity index (χ3n) is 3.75. The van der Waals surface area contributed by atoms with Gasteiger partial charge in [-0.05, 0) is 79.7 Å². The van der Waals surface area contributed by atoms with Gasteiger partial charge < -0.3 is 9.47 Å². The van der Waals surface area contributed by atoms with E-state index in [-0.39, 0.29) is 0 Å². The number of hydrogen-bond acceptors (Lipinski definition) is 5. The molecule has 27 heavy (non-hydrogen) atoms. The molecule has 0 aliphatic rings. The van der Waals surface area contributed by atoms with Crippen LogP contribution >= 0.6 is 12.2 Å². The normalized spacial score (nSPS) is 11.0. The maximum Gasteiger partial charge on any atom is 0.216 e. The Labute approximate surface area is 163 Å². The summed E-state index contributed by atoms with van der Waals surface area (Å²) in [6.07, 6.45) is 2.73. The Bertz CT molecular complexity index is 943. The lowest BCUT2D eigenvalue weighted by Gasteiger charge is -2.05. The fourth-order valence-corrected chi connectivity index (χ4v) is 2.63. The molecule has 3 aromatic rings. The number of hydrogen-bond donors (Lipinski definition) is 1. The highest BCUT2D eigenvalue weighted by Crippen LogP contribution is 2.21. The highest BCUT2D eigenvalue weighted by molar-refractivity contribution is 7.71. The fraction of sp³-hybridized carbons (Fsp3) is 0.250. The maximum absolute atomic E-state index is 5.59. The van der Waals surface area contributed by atoms with Gasteiger partial charge in [0.05, 0.1) is 19.4 Å². The summed E-state index contributed by atoms with van der Waals surface area (Å²) in [4.78, 5) is 0. The molecule has 0 saturated carbocycles. The standard InChI is InChI=1S/C20H22N4O2S/c1-3-13-26-18-9-5-15(6-10-18)14-21-24-19(22-23-20(24)27)16-7-11-17(12-8-16)25-4-2/h5-12,14H,3-4,13H2,1-2H3,(H,23,27)/b21-14-. The van der Waals surface area contributed by atoms with Gasteiger partial charge in [-0.15, -0.1) is 0 Å². The molecule has 0 amide bonds. The molecule has 1 heterocycles. The van der Waals surface area contributed by atoms with Gasteiger partial charge in [0.2, 0.25) is 4.77 Å². The number of benzene rings is 2. The van der Waals surface area contributed by atoms with Crippen molar-refractivity contribution in [1.82, 2.24) is 14.9 Å². The molecule has 6 nitrogen and oxygen atoms in total. The lowest BCUT2D eigenvalue weighted by molar-refractivity contribution is 0.317. The van der Waals surface area contributed by atoms with Gasteiger partial charge in [0.15, 0.2) is 5.82 Å². The second kappa shape index (κ2) is 9.14. The minimum atomic E-state index is 0.429. The monoisotopic (exact) mass is 382 g/mol. The van der Waals surface area contributed by atoms with E-state index in [1.165, 1.54) is 0 Å². The van der Waals surface area contributed by atoms with E-state index in [9.17, 15) is 0 Å².